The number of β-amino-alcohol motifs (C(OH)–C–C–N with tert-alkyl or cyclic N) is 1. The van der Waals surface area contributed by atoms with E-state index < -0.39 is 0 Å². The number of hydrogen-bond donors (Lipinski definition) is 1. The first-order valence-electron chi connectivity index (χ1n) is 5.39. The van der Waals surface area contributed by atoms with E-state index in [2.05, 4.69) is 23.6 Å². The van der Waals surface area contributed by atoms with Crippen LogP contribution in [-0.2, 0) is 0 Å². The van der Waals surface area contributed by atoms with E-state index in [0.717, 1.165) is 38.8 Å². The molecule has 1 N–H and O–H groups in total. The molecular weight excluding hydrogens is 164 g/mol. The molecule has 0 aromatic heterocycles. The molecule has 3 nitrogen and oxygen atoms in total. The van der Waals surface area contributed by atoms with Gasteiger partial charge in [-0.15, -0.1) is 0 Å². The van der Waals surface area contributed by atoms with Gasteiger partial charge in [0.05, 0.1) is 6.61 Å². The minimum absolute atomic E-state index is 0.297. The smallest absolute Gasteiger partial charge is 0.0558 e. The van der Waals surface area contributed by atoms with Gasteiger partial charge >= 0.3 is 0 Å². The molecule has 0 aromatic rings. The molecular formula is C10H22N2O. The van der Waals surface area contributed by atoms with Crippen LogP contribution < -0.4 is 0 Å². The summed E-state index contributed by atoms with van der Waals surface area (Å²) in [6.07, 6.45) is 1.27. The monoisotopic (exact) mass is 186 g/mol. The van der Waals surface area contributed by atoms with Gasteiger partial charge in [-0.05, 0) is 26.1 Å². The number of aliphatic hydroxyl groups is 1. The van der Waals surface area contributed by atoms with Gasteiger partial charge in [0.15, 0.2) is 0 Å². The van der Waals surface area contributed by atoms with Crippen molar-refractivity contribution in [2.24, 2.45) is 0 Å². The van der Waals surface area contributed by atoms with Gasteiger partial charge in [0, 0.05) is 19.1 Å². The van der Waals surface area contributed by atoms with Crippen molar-refractivity contribution in [1.29, 1.82) is 0 Å². The van der Waals surface area contributed by atoms with Gasteiger partial charge in [0.25, 0.3) is 0 Å². The third kappa shape index (κ3) is 2.93. The summed E-state index contributed by atoms with van der Waals surface area (Å²) in [7, 11) is 0. The predicted molar refractivity (Wildman–Crippen MR) is 54.9 cm³/mol. The predicted octanol–water partition coefficient (Wildman–Crippen LogP) is 0.395. The Bertz CT molecular complexity index is 137. The minimum atomic E-state index is 0.297. The molecule has 1 aliphatic rings. The van der Waals surface area contributed by atoms with Crippen LogP contribution in [0.3, 0.4) is 0 Å². The second-order valence-corrected chi connectivity index (χ2v) is 3.69. The third-order valence-corrected chi connectivity index (χ3v) is 2.99. The standard InChI is InChI=1S/C10H22N2O/c1-3-12(4-2)10-5-6-11(9-10)7-8-13/h10,13H,3-9H2,1-2H3. The van der Waals surface area contributed by atoms with Gasteiger partial charge in [-0.2, -0.15) is 0 Å². The summed E-state index contributed by atoms with van der Waals surface area (Å²) in [6.45, 7) is 10.2. The fourth-order valence-corrected chi connectivity index (χ4v) is 2.19. The maximum Gasteiger partial charge on any atom is 0.0558 e. The molecule has 78 valence electrons. The minimum Gasteiger partial charge on any atom is -0.395 e. The Morgan fingerprint density at radius 2 is 2.08 bits per heavy atom. The summed E-state index contributed by atoms with van der Waals surface area (Å²) in [4.78, 5) is 4.86. The fourth-order valence-electron chi connectivity index (χ4n) is 2.19. The summed E-state index contributed by atoms with van der Waals surface area (Å²) in [5.41, 5.74) is 0. The van der Waals surface area contributed by atoms with Crippen molar-refractivity contribution < 1.29 is 5.11 Å². The van der Waals surface area contributed by atoms with Crippen LogP contribution in [-0.4, -0.2) is 60.3 Å². The molecule has 1 saturated heterocycles. The first kappa shape index (κ1) is 11.0. The van der Waals surface area contributed by atoms with Crippen molar-refractivity contribution in [3.8, 4) is 0 Å². The van der Waals surface area contributed by atoms with Crippen molar-refractivity contribution in [2.75, 3.05) is 39.3 Å². The Morgan fingerprint density at radius 1 is 1.38 bits per heavy atom. The van der Waals surface area contributed by atoms with Gasteiger partial charge in [-0.3, -0.25) is 9.80 Å². The molecule has 1 rings (SSSR count). The lowest BCUT2D eigenvalue weighted by atomic mass is 10.2. The summed E-state index contributed by atoms with van der Waals surface area (Å²) in [5.74, 6) is 0. The molecule has 0 bridgehead atoms. The highest BCUT2D eigenvalue weighted by molar-refractivity contribution is 4.82. The van der Waals surface area contributed by atoms with Crippen molar-refractivity contribution in [3.63, 3.8) is 0 Å². The number of hydrogen-bond acceptors (Lipinski definition) is 3. The van der Waals surface area contributed by atoms with Crippen LogP contribution in [0.1, 0.15) is 20.3 Å². The highest BCUT2D eigenvalue weighted by Crippen LogP contribution is 2.14. The van der Waals surface area contributed by atoms with Crippen LogP contribution >= 0.6 is 0 Å². The van der Waals surface area contributed by atoms with E-state index in [4.69, 9.17) is 5.11 Å². The van der Waals surface area contributed by atoms with Crippen molar-refractivity contribution in [1.82, 2.24) is 9.80 Å². The van der Waals surface area contributed by atoms with Crippen molar-refractivity contribution in [2.45, 2.75) is 26.3 Å². The van der Waals surface area contributed by atoms with Crippen LogP contribution in [0.5, 0.6) is 0 Å². The average molecular weight is 186 g/mol. The van der Waals surface area contributed by atoms with Crippen LogP contribution in [0.2, 0.25) is 0 Å². The number of likely N-dealkylation sites (tertiary alicyclic amines) is 1. The number of rotatable bonds is 5. The first-order valence-corrected chi connectivity index (χ1v) is 5.39. The van der Waals surface area contributed by atoms with E-state index in [1.54, 1.807) is 0 Å². The molecule has 1 unspecified atom stereocenters. The lowest BCUT2D eigenvalue weighted by Crippen LogP contribution is -2.37. The van der Waals surface area contributed by atoms with Crippen LogP contribution in [0.15, 0.2) is 0 Å². The lowest BCUT2D eigenvalue weighted by Gasteiger charge is -2.26. The normalized spacial score (nSPS) is 24.5. The van der Waals surface area contributed by atoms with Gasteiger partial charge in [0.1, 0.15) is 0 Å². The summed E-state index contributed by atoms with van der Waals surface area (Å²) in [5, 5.41) is 8.81. The molecule has 1 fully saturated rings. The highest BCUT2D eigenvalue weighted by Gasteiger charge is 2.25. The number of nitrogens with zero attached hydrogens (tertiary/aromatic N) is 2. The van der Waals surface area contributed by atoms with Gasteiger partial charge in [-0.25, -0.2) is 0 Å². The zero-order valence-electron chi connectivity index (χ0n) is 8.87. The topological polar surface area (TPSA) is 26.7 Å². The molecule has 0 aliphatic carbocycles. The van der Waals surface area contributed by atoms with Gasteiger partial charge < -0.3 is 5.11 Å². The molecule has 1 atom stereocenters. The maximum atomic E-state index is 8.81. The first-order chi connectivity index (χ1) is 6.31. The second-order valence-electron chi connectivity index (χ2n) is 3.69. The highest BCUT2D eigenvalue weighted by atomic mass is 16.3. The summed E-state index contributed by atoms with van der Waals surface area (Å²) >= 11 is 0. The van der Waals surface area contributed by atoms with Gasteiger partial charge in [-0.1, -0.05) is 13.8 Å². The van der Waals surface area contributed by atoms with Crippen LogP contribution in [0.4, 0.5) is 0 Å². The molecule has 0 spiro atoms. The van der Waals surface area contributed by atoms with E-state index >= 15 is 0 Å². The molecule has 0 amide bonds. The van der Waals surface area contributed by atoms with E-state index in [1.807, 2.05) is 0 Å². The Kier molecular flexibility index (Phi) is 4.70. The molecule has 1 heterocycles. The molecule has 0 saturated carbocycles. The molecule has 3 heteroatoms. The zero-order valence-corrected chi connectivity index (χ0v) is 8.87. The Hall–Kier alpha value is -0.120. The van der Waals surface area contributed by atoms with Crippen molar-refractivity contribution in [3.05, 3.63) is 0 Å². The average Bonchev–Trinajstić information content (AvgIpc) is 2.56. The summed E-state index contributed by atoms with van der Waals surface area (Å²) < 4.78 is 0. The van der Waals surface area contributed by atoms with Crippen LogP contribution in [0.25, 0.3) is 0 Å². The van der Waals surface area contributed by atoms with Crippen LogP contribution in [0, 0.1) is 0 Å². The largest absolute Gasteiger partial charge is 0.395 e. The van der Waals surface area contributed by atoms with Crippen molar-refractivity contribution >= 4 is 0 Å². The number of aliphatic hydroxyl groups excluding tert-OH is 1. The molecule has 0 aromatic carbocycles. The maximum absolute atomic E-state index is 8.81. The Balaban J connectivity index is 2.30. The zero-order chi connectivity index (χ0) is 9.68. The van der Waals surface area contributed by atoms with Gasteiger partial charge in [0.2, 0.25) is 0 Å². The lowest BCUT2D eigenvalue weighted by molar-refractivity contribution is 0.189. The second kappa shape index (κ2) is 5.58. The molecule has 0 radical (unpaired) electrons. The fraction of sp³-hybridized carbons (Fsp3) is 1.00. The van der Waals surface area contributed by atoms with E-state index in [-0.39, 0.29) is 0 Å². The van der Waals surface area contributed by atoms with E-state index in [1.165, 1.54) is 6.42 Å². The Morgan fingerprint density at radius 3 is 2.62 bits per heavy atom. The van der Waals surface area contributed by atoms with E-state index in [0.29, 0.717) is 6.61 Å². The molecule has 1 aliphatic heterocycles. The molecule has 13 heavy (non-hydrogen) atoms. The Labute approximate surface area is 81.3 Å². The van der Waals surface area contributed by atoms with E-state index in [9.17, 15) is 0 Å². The SMILES string of the molecule is CCN(CC)C1CCN(CCO)C1. The number of likely N-dealkylation sites (N-methyl/N-ethyl adjacent to an activating group) is 1. The quantitative estimate of drug-likeness (QED) is 0.673. The summed E-state index contributed by atoms with van der Waals surface area (Å²) in [6, 6.07) is 0.724. The third-order valence-electron chi connectivity index (χ3n) is 2.99.